The summed E-state index contributed by atoms with van der Waals surface area (Å²) >= 11 is 5.94. The third kappa shape index (κ3) is 9.95. The molecule has 1 aliphatic rings. The first-order chi connectivity index (χ1) is 23.1. The lowest BCUT2D eigenvalue weighted by Gasteiger charge is -2.35. The fraction of sp³-hybridized carbons (Fsp3) is 0.457. The van der Waals surface area contributed by atoms with E-state index in [1.807, 2.05) is 20.8 Å². The molecule has 0 radical (unpaired) electrons. The van der Waals surface area contributed by atoms with Crippen LogP contribution in [0.3, 0.4) is 0 Å². The quantitative estimate of drug-likeness (QED) is 0.291. The Balaban J connectivity index is 1.67. The van der Waals surface area contributed by atoms with Gasteiger partial charge in [-0.25, -0.2) is 16.8 Å². The van der Waals surface area contributed by atoms with Crippen LogP contribution in [0.25, 0.3) is 0 Å². The zero-order valence-corrected chi connectivity index (χ0v) is 30.9. The summed E-state index contributed by atoms with van der Waals surface area (Å²) in [5.74, 6) is -0.574. The Labute approximate surface area is 295 Å². The summed E-state index contributed by atoms with van der Waals surface area (Å²) in [6.07, 6.45) is 1.26. The van der Waals surface area contributed by atoms with Crippen LogP contribution in [0.2, 0.25) is 5.02 Å². The van der Waals surface area contributed by atoms with Crippen molar-refractivity contribution in [3.05, 3.63) is 82.9 Å². The normalized spacial score (nSPS) is 20.6. The minimum atomic E-state index is -4.01. The van der Waals surface area contributed by atoms with Crippen LogP contribution >= 0.6 is 11.6 Å². The van der Waals surface area contributed by atoms with Gasteiger partial charge in [-0.15, -0.1) is 0 Å². The lowest BCUT2D eigenvalue weighted by molar-refractivity contribution is -0.00833. The molecular weight excluding hydrogens is 690 g/mol. The highest BCUT2D eigenvalue weighted by Gasteiger charge is 2.32. The average Bonchev–Trinajstić information content (AvgIpc) is 3.06. The van der Waals surface area contributed by atoms with Crippen LogP contribution in [0.15, 0.2) is 76.5 Å². The van der Waals surface area contributed by atoms with Gasteiger partial charge >= 0.3 is 0 Å². The molecule has 1 aliphatic heterocycles. The molecule has 0 aliphatic carbocycles. The number of hydrogen-bond acceptors (Lipinski definition) is 8. The molecule has 1 heterocycles. The zero-order chi connectivity index (χ0) is 35.9. The van der Waals surface area contributed by atoms with Crippen LogP contribution in [0.5, 0.6) is 5.75 Å². The molecule has 4 atom stereocenters. The summed E-state index contributed by atoms with van der Waals surface area (Å²) in [6.45, 7) is 7.55. The van der Waals surface area contributed by atoms with Crippen LogP contribution in [-0.2, 0) is 24.8 Å². The Hall–Kier alpha value is -3.20. The Morgan fingerprint density at radius 3 is 2.31 bits per heavy atom. The van der Waals surface area contributed by atoms with Crippen LogP contribution in [0, 0.1) is 12.8 Å². The standard InChI is InChI=1S/C35H46ClN3O8S2/c1-24-9-14-31(15-10-24)49(44,45)38(5)22-34-25(2)21-39(26(3)23-40)35(41)32-20-29(37-48(42,43)30-16-11-28(36)12-17-30)13-18-33(32)47-27(4)8-6-7-19-46-34/h9-18,20,25-27,34,37,40H,6-8,19,21-23H2,1-5H3/t25-,26-,27+,34-/m0/s1. The monoisotopic (exact) mass is 735 g/mol. The van der Waals surface area contributed by atoms with Crippen molar-refractivity contribution in [2.45, 2.75) is 75.0 Å². The molecule has 49 heavy (non-hydrogen) atoms. The average molecular weight is 736 g/mol. The molecule has 0 spiro atoms. The van der Waals surface area contributed by atoms with Gasteiger partial charge < -0.3 is 19.5 Å². The number of benzene rings is 3. The number of amides is 1. The Bertz CT molecular complexity index is 1790. The van der Waals surface area contributed by atoms with E-state index in [2.05, 4.69) is 4.72 Å². The van der Waals surface area contributed by atoms with Crippen LogP contribution in [0.4, 0.5) is 5.69 Å². The Morgan fingerprint density at radius 1 is 1.00 bits per heavy atom. The van der Waals surface area contributed by atoms with Crippen LogP contribution < -0.4 is 9.46 Å². The predicted octanol–water partition coefficient (Wildman–Crippen LogP) is 5.57. The number of sulfonamides is 2. The molecular formula is C35H46ClN3O8S2. The van der Waals surface area contributed by atoms with Gasteiger partial charge in [-0.3, -0.25) is 9.52 Å². The second-order valence-electron chi connectivity index (χ2n) is 12.7. The maximum absolute atomic E-state index is 14.4. The number of rotatable bonds is 9. The number of aryl methyl sites for hydroxylation is 1. The van der Waals surface area contributed by atoms with Gasteiger partial charge in [0, 0.05) is 43.4 Å². The van der Waals surface area contributed by atoms with Crippen LogP contribution in [0.1, 0.15) is 56.0 Å². The number of likely N-dealkylation sites (N-methyl/N-ethyl adjacent to an activating group) is 1. The van der Waals surface area contributed by atoms with Crippen molar-refractivity contribution < 1.29 is 36.2 Å². The lowest BCUT2D eigenvalue weighted by atomic mass is 10.0. The number of hydrogen-bond donors (Lipinski definition) is 2. The van der Waals surface area contributed by atoms with E-state index in [4.69, 9.17) is 21.1 Å². The number of aliphatic hydroxyl groups is 1. The number of carbonyl (C=O) groups excluding carboxylic acids is 1. The smallest absolute Gasteiger partial charge is 0.261 e. The third-order valence-corrected chi connectivity index (χ3v) is 12.1. The van der Waals surface area contributed by atoms with Gasteiger partial charge in [0.05, 0.1) is 40.2 Å². The fourth-order valence-electron chi connectivity index (χ4n) is 5.52. The lowest BCUT2D eigenvalue weighted by Crippen LogP contribution is -2.48. The van der Waals surface area contributed by atoms with E-state index in [0.717, 1.165) is 12.0 Å². The number of halogens is 1. The second-order valence-corrected chi connectivity index (χ2v) is 16.8. The van der Waals surface area contributed by atoms with Gasteiger partial charge in [-0.1, -0.05) is 36.2 Å². The first-order valence-corrected chi connectivity index (χ1v) is 19.6. The van der Waals surface area contributed by atoms with E-state index < -0.39 is 38.1 Å². The van der Waals surface area contributed by atoms with Crippen molar-refractivity contribution in [3.63, 3.8) is 0 Å². The van der Waals surface area contributed by atoms with E-state index in [1.165, 1.54) is 52.7 Å². The number of ether oxygens (including phenoxy) is 2. The number of fused-ring (bicyclic) bond motifs is 1. The van der Waals surface area contributed by atoms with Crippen LogP contribution in [-0.4, -0.2) is 88.7 Å². The summed E-state index contributed by atoms with van der Waals surface area (Å²) in [7, 11) is -6.32. The molecule has 1 amide bonds. The molecule has 0 aromatic heterocycles. The van der Waals surface area contributed by atoms with Crippen molar-refractivity contribution in [1.29, 1.82) is 0 Å². The minimum Gasteiger partial charge on any atom is -0.490 e. The number of anilines is 1. The summed E-state index contributed by atoms with van der Waals surface area (Å²) in [5.41, 5.74) is 1.21. The van der Waals surface area contributed by atoms with Gasteiger partial charge in [-0.2, -0.15) is 4.31 Å². The number of aliphatic hydroxyl groups excluding tert-OH is 1. The van der Waals surface area contributed by atoms with E-state index >= 15 is 0 Å². The van der Waals surface area contributed by atoms with Crippen molar-refractivity contribution >= 4 is 43.2 Å². The number of nitrogens with zero attached hydrogens (tertiary/aromatic N) is 2. The van der Waals surface area contributed by atoms with E-state index in [1.54, 1.807) is 37.3 Å². The van der Waals surface area contributed by atoms with Gasteiger partial charge in [0.25, 0.3) is 15.9 Å². The highest BCUT2D eigenvalue weighted by atomic mass is 35.5. The highest BCUT2D eigenvalue weighted by Crippen LogP contribution is 2.30. The van der Waals surface area contributed by atoms with Crippen molar-refractivity contribution in [1.82, 2.24) is 9.21 Å². The Kier molecular flexibility index (Phi) is 13.1. The molecule has 3 aromatic rings. The van der Waals surface area contributed by atoms with E-state index in [-0.39, 0.29) is 58.5 Å². The summed E-state index contributed by atoms with van der Waals surface area (Å²) in [4.78, 5) is 16.0. The first-order valence-electron chi connectivity index (χ1n) is 16.3. The number of nitrogens with one attached hydrogen (secondary N) is 1. The van der Waals surface area contributed by atoms with Gasteiger partial charge in [0.1, 0.15) is 5.75 Å². The van der Waals surface area contributed by atoms with Gasteiger partial charge in [0.15, 0.2) is 0 Å². The molecule has 268 valence electrons. The van der Waals surface area contributed by atoms with E-state index in [0.29, 0.717) is 24.5 Å². The summed E-state index contributed by atoms with van der Waals surface area (Å²) in [5, 5.41) is 10.6. The molecule has 3 aromatic carbocycles. The molecule has 0 unspecified atom stereocenters. The highest BCUT2D eigenvalue weighted by molar-refractivity contribution is 7.92. The molecule has 11 nitrogen and oxygen atoms in total. The molecule has 0 bridgehead atoms. The SMILES string of the molecule is Cc1ccc(S(=O)(=O)N(C)C[C@@H]2OCCCC[C@@H](C)Oc3ccc(NS(=O)(=O)c4ccc(Cl)cc4)cc3C(=O)N([C@@H](C)CO)C[C@@H]2C)cc1. The molecule has 2 N–H and O–H groups in total. The topological polar surface area (TPSA) is 143 Å². The Morgan fingerprint density at radius 2 is 1.65 bits per heavy atom. The maximum Gasteiger partial charge on any atom is 0.261 e. The van der Waals surface area contributed by atoms with Gasteiger partial charge in [0.2, 0.25) is 10.0 Å². The molecule has 14 heteroatoms. The summed E-state index contributed by atoms with van der Waals surface area (Å²) in [6, 6.07) is 16.2. The fourth-order valence-corrected chi connectivity index (χ4v) is 7.88. The molecule has 0 fully saturated rings. The molecule has 0 saturated heterocycles. The predicted molar refractivity (Wildman–Crippen MR) is 190 cm³/mol. The second kappa shape index (κ2) is 16.7. The van der Waals surface area contributed by atoms with Gasteiger partial charge in [-0.05, 0) is 94.6 Å². The summed E-state index contributed by atoms with van der Waals surface area (Å²) < 4.78 is 69.6. The molecule has 4 rings (SSSR count). The van der Waals surface area contributed by atoms with Crippen molar-refractivity contribution in [2.75, 3.05) is 38.1 Å². The number of carbonyl (C=O) groups is 1. The van der Waals surface area contributed by atoms with Crippen molar-refractivity contribution in [3.8, 4) is 5.75 Å². The van der Waals surface area contributed by atoms with Crippen molar-refractivity contribution in [2.24, 2.45) is 5.92 Å². The molecule has 0 saturated carbocycles. The maximum atomic E-state index is 14.4. The third-order valence-electron chi connectivity index (χ3n) is 8.59. The zero-order valence-electron chi connectivity index (χ0n) is 28.5. The van der Waals surface area contributed by atoms with E-state index in [9.17, 15) is 26.7 Å². The largest absolute Gasteiger partial charge is 0.490 e. The first kappa shape index (κ1) is 38.6. The minimum absolute atomic E-state index is 0.00191.